The maximum Gasteiger partial charge on any atom is 0.338 e. The molecule has 2 aromatic carbocycles. The molecule has 8 heteroatoms. The van der Waals surface area contributed by atoms with Crippen molar-refractivity contribution >= 4 is 16.9 Å². The number of hydrogen-bond donors (Lipinski definition) is 2. The summed E-state index contributed by atoms with van der Waals surface area (Å²) in [5.41, 5.74) is 0.244. The number of phenols is 2. The molecule has 0 heterocycles. The molecule has 0 aliphatic rings. The van der Waals surface area contributed by atoms with Crippen molar-refractivity contribution in [3.05, 3.63) is 63.2 Å². The zero-order valence-corrected chi connectivity index (χ0v) is 12.8. The number of benzene rings is 2. The van der Waals surface area contributed by atoms with Crippen LogP contribution >= 0.6 is 0 Å². The van der Waals surface area contributed by atoms with Crippen LogP contribution in [0.25, 0.3) is 6.08 Å². The molecule has 0 aromatic heterocycles. The van der Waals surface area contributed by atoms with Gasteiger partial charge in [0.05, 0.1) is 16.9 Å². The highest BCUT2D eigenvalue weighted by molar-refractivity contribution is 7.88. The number of ether oxygens (including phenoxy) is 1. The second-order valence-corrected chi connectivity index (χ2v) is 5.86. The van der Waals surface area contributed by atoms with Gasteiger partial charge in [-0.3, -0.25) is 10.1 Å². The molecule has 120 valence electrons. The standard InChI is InChI=1S/C15H13NO6S/c1-22-11-3-5-12(6-4-11)23(21)15(16(19)20)9-10-2-7-13(17)14(18)8-10/h2-9,17-18H,1H3. The Morgan fingerprint density at radius 2 is 1.83 bits per heavy atom. The van der Waals surface area contributed by atoms with Crippen molar-refractivity contribution in [2.45, 2.75) is 4.90 Å². The van der Waals surface area contributed by atoms with E-state index in [1.165, 1.54) is 31.4 Å². The predicted molar refractivity (Wildman–Crippen MR) is 84.1 cm³/mol. The fourth-order valence-electron chi connectivity index (χ4n) is 1.77. The molecule has 0 aliphatic carbocycles. The second kappa shape index (κ2) is 6.93. The van der Waals surface area contributed by atoms with E-state index < -0.39 is 26.5 Å². The highest BCUT2D eigenvalue weighted by Gasteiger charge is 2.22. The topological polar surface area (TPSA) is 110 Å². The van der Waals surface area contributed by atoms with Crippen molar-refractivity contribution in [2.75, 3.05) is 7.11 Å². The summed E-state index contributed by atoms with van der Waals surface area (Å²) >= 11 is 0. The van der Waals surface area contributed by atoms with Gasteiger partial charge in [-0.2, -0.15) is 0 Å². The first kappa shape index (κ1) is 16.5. The lowest BCUT2D eigenvalue weighted by Crippen LogP contribution is -2.06. The van der Waals surface area contributed by atoms with Gasteiger partial charge in [-0.1, -0.05) is 6.07 Å². The third kappa shape index (κ3) is 3.86. The van der Waals surface area contributed by atoms with Crippen molar-refractivity contribution in [3.8, 4) is 17.2 Å². The van der Waals surface area contributed by atoms with Gasteiger partial charge in [-0.05, 0) is 42.0 Å². The number of nitro groups is 1. The third-order valence-corrected chi connectivity index (χ3v) is 4.28. The van der Waals surface area contributed by atoms with Crippen LogP contribution in [0.1, 0.15) is 5.56 Å². The van der Waals surface area contributed by atoms with E-state index in [0.29, 0.717) is 5.75 Å². The second-order valence-electron chi connectivity index (χ2n) is 4.43. The molecule has 2 aromatic rings. The molecule has 7 nitrogen and oxygen atoms in total. The van der Waals surface area contributed by atoms with Gasteiger partial charge in [0.2, 0.25) is 0 Å². The fourth-order valence-corrected chi connectivity index (χ4v) is 2.77. The van der Waals surface area contributed by atoms with E-state index in [9.17, 15) is 24.5 Å². The van der Waals surface area contributed by atoms with Crippen LogP contribution in [0.15, 0.2) is 52.4 Å². The summed E-state index contributed by atoms with van der Waals surface area (Å²) in [6.45, 7) is 0. The van der Waals surface area contributed by atoms with Crippen LogP contribution in [0.5, 0.6) is 17.2 Å². The lowest BCUT2D eigenvalue weighted by molar-refractivity contribution is -0.409. The Hall–Kier alpha value is -2.87. The quantitative estimate of drug-likeness (QED) is 0.493. The molecule has 1 unspecified atom stereocenters. The summed E-state index contributed by atoms with van der Waals surface area (Å²) in [6.07, 6.45) is 1.08. The average molecular weight is 335 g/mol. The molecule has 0 bridgehead atoms. The smallest absolute Gasteiger partial charge is 0.338 e. The van der Waals surface area contributed by atoms with Gasteiger partial charge in [0.1, 0.15) is 5.75 Å². The summed E-state index contributed by atoms with van der Waals surface area (Å²) in [7, 11) is -0.534. The number of phenolic OH excluding ortho intramolecular Hbond substituents is 2. The number of rotatable bonds is 5. The SMILES string of the molecule is COc1ccc(S(=O)C(=Cc2ccc(O)c(O)c2)[N+](=O)[O-])cc1. The summed E-state index contributed by atoms with van der Waals surface area (Å²) in [5, 5.41) is 29.3. The Morgan fingerprint density at radius 1 is 1.17 bits per heavy atom. The van der Waals surface area contributed by atoms with E-state index in [4.69, 9.17) is 4.74 Å². The molecule has 0 aliphatic heterocycles. The van der Waals surface area contributed by atoms with Gasteiger partial charge < -0.3 is 14.9 Å². The fraction of sp³-hybridized carbons (Fsp3) is 0.0667. The van der Waals surface area contributed by atoms with E-state index >= 15 is 0 Å². The minimum absolute atomic E-state index is 0.244. The lowest BCUT2D eigenvalue weighted by atomic mass is 10.2. The maximum atomic E-state index is 12.4. The molecule has 0 radical (unpaired) electrons. The first-order chi connectivity index (χ1) is 10.9. The van der Waals surface area contributed by atoms with Gasteiger partial charge in [0.25, 0.3) is 0 Å². The predicted octanol–water partition coefficient (Wildman–Crippen LogP) is 2.49. The van der Waals surface area contributed by atoms with Crippen molar-refractivity contribution in [2.24, 2.45) is 0 Å². The van der Waals surface area contributed by atoms with Crippen LogP contribution in [0.4, 0.5) is 0 Å². The molecular weight excluding hydrogens is 322 g/mol. The van der Waals surface area contributed by atoms with Gasteiger partial charge in [0.15, 0.2) is 22.3 Å². The normalized spacial score (nSPS) is 12.7. The van der Waals surface area contributed by atoms with Crippen molar-refractivity contribution in [3.63, 3.8) is 0 Å². The summed E-state index contributed by atoms with van der Waals surface area (Å²) in [6, 6.07) is 9.75. The average Bonchev–Trinajstić information content (AvgIpc) is 2.55. The minimum Gasteiger partial charge on any atom is -0.504 e. The van der Waals surface area contributed by atoms with Crippen LogP contribution in [-0.4, -0.2) is 26.5 Å². The highest BCUT2D eigenvalue weighted by atomic mass is 32.2. The summed E-state index contributed by atoms with van der Waals surface area (Å²) < 4.78 is 17.4. The van der Waals surface area contributed by atoms with Crippen LogP contribution in [0.2, 0.25) is 0 Å². The van der Waals surface area contributed by atoms with E-state index in [-0.39, 0.29) is 16.2 Å². The molecule has 23 heavy (non-hydrogen) atoms. The van der Waals surface area contributed by atoms with Crippen LogP contribution in [0.3, 0.4) is 0 Å². The molecular formula is C15H13NO6S. The van der Waals surface area contributed by atoms with E-state index in [2.05, 4.69) is 0 Å². The molecule has 2 rings (SSSR count). The van der Waals surface area contributed by atoms with E-state index in [1.807, 2.05) is 0 Å². The van der Waals surface area contributed by atoms with E-state index in [1.54, 1.807) is 12.1 Å². The summed E-state index contributed by atoms with van der Waals surface area (Å²) in [5.74, 6) is -0.224. The van der Waals surface area contributed by atoms with Gasteiger partial charge in [-0.25, -0.2) is 4.21 Å². The summed E-state index contributed by atoms with van der Waals surface area (Å²) in [4.78, 5) is 10.7. The number of methoxy groups -OCH3 is 1. The van der Waals surface area contributed by atoms with Crippen molar-refractivity contribution in [1.29, 1.82) is 0 Å². The van der Waals surface area contributed by atoms with Gasteiger partial charge in [-0.15, -0.1) is 0 Å². The molecule has 2 N–H and O–H groups in total. The Bertz CT molecular complexity index is 785. The lowest BCUT2D eigenvalue weighted by Gasteiger charge is -2.03. The Balaban J connectivity index is 2.40. The largest absolute Gasteiger partial charge is 0.504 e. The maximum absolute atomic E-state index is 12.4. The van der Waals surface area contributed by atoms with Crippen molar-refractivity contribution in [1.82, 2.24) is 0 Å². The molecule has 0 fully saturated rings. The molecule has 0 amide bonds. The Kier molecular flexibility index (Phi) is 4.97. The molecule has 0 spiro atoms. The van der Waals surface area contributed by atoms with Crippen LogP contribution in [-0.2, 0) is 10.8 Å². The van der Waals surface area contributed by atoms with Gasteiger partial charge >= 0.3 is 5.03 Å². The molecule has 0 saturated carbocycles. The van der Waals surface area contributed by atoms with E-state index in [0.717, 1.165) is 12.1 Å². The molecule has 0 saturated heterocycles. The zero-order chi connectivity index (χ0) is 17.0. The number of hydrogen-bond acceptors (Lipinski definition) is 6. The highest BCUT2D eigenvalue weighted by Crippen LogP contribution is 2.27. The first-order valence-electron chi connectivity index (χ1n) is 6.36. The van der Waals surface area contributed by atoms with Gasteiger partial charge in [0, 0.05) is 6.08 Å². The zero-order valence-electron chi connectivity index (χ0n) is 12.0. The Labute approximate surface area is 134 Å². The minimum atomic E-state index is -2.01. The molecule has 1 atom stereocenters. The van der Waals surface area contributed by atoms with Crippen molar-refractivity contribution < 1.29 is 24.1 Å². The van der Waals surface area contributed by atoms with Crippen LogP contribution in [0, 0.1) is 10.1 Å². The Morgan fingerprint density at radius 3 is 2.35 bits per heavy atom. The number of nitrogens with zero attached hydrogens (tertiary/aromatic N) is 1. The third-order valence-electron chi connectivity index (χ3n) is 2.93. The monoisotopic (exact) mass is 335 g/mol. The number of aromatic hydroxyl groups is 2. The first-order valence-corrected chi connectivity index (χ1v) is 7.51. The van der Waals surface area contributed by atoms with Crippen LogP contribution < -0.4 is 4.74 Å².